The summed E-state index contributed by atoms with van der Waals surface area (Å²) >= 11 is 0. The van der Waals surface area contributed by atoms with Crippen molar-refractivity contribution in [2.24, 2.45) is 17.3 Å². The summed E-state index contributed by atoms with van der Waals surface area (Å²) in [6.07, 6.45) is 15.0. The van der Waals surface area contributed by atoms with E-state index in [2.05, 4.69) is 16.8 Å². The van der Waals surface area contributed by atoms with Crippen molar-refractivity contribution in [3.8, 4) is 11.5 Å². The number of rotatable bonds is 6. The number of oxazole rings is 1. The quantitative estimate of drug-likeness (QED) is 0.550. The molecule has 4 aliphatic rings. The summed E-state index contributed by atoms with van der Waals surface area (Å²) in [5, 5.41) is 12.3. The van der Waals surface area contributed by atoms with E-state index in [1.54, 1.807) is 17.4 Å². The zero-order chi connectivity index (χ0) is 26.3. The van der Waals surface area contributed by atoms with Crippen molar-refractivity contribution in [3.63, 3.8) is 0 Å². The van der Waals surface area contributed by atoms with Crippen LogP contribution in [-0.4, -0.2) is 56.9 Å². The number of piperidine rings is 1. The first-order chi connectivity index (χ1) is 18.4. The van der Waals surface area contributed by atoms with E-state index in [-0.39, 0.29) is 23.1 Å². The second kappa shape index (κ2) is 10.1. The molecule has 7 nitrogen and oxygen atoms in total. The highest BCUT2D eigenvalue weighted by molar-refractivity contribution is 6.00. The largest absolute Gasteiger partial charge is 0.445 e. The number of fused-ring (bicyclic) bond motifs is 1. The molecule has 1 saturated heterocycles. The summed E-state index contributed by atoms with van der Waals surface area (Å²) in [4.78, 5) is 35.2. The average molecular weight is 520 g/mol. The lowest BCUT2D eigenvalue weighted by Gasteiger charge is -2.53. The monoisotopic (exact) mass is 519 g/mol. The van der Waals surface area contributed by atoms with Crippen LogP contribution in [0.2, 0.25) is 0 Å². The van der Waals surface area contributed by atoms with Gasteiger partial charge in [-0.1, -0.05) is 57.9 Å². The van der Waals surface area contributed by atoms with Gasteiger partial charge in [0.25, 0.3) is 5.91 Å². The van der Waals surface area contributed by atoms with Crippen molar-refractivity contribution in [2.75, 3.05) is 19.6 Å². The molecular formula is C31H41N3O4. The Kier molecular flexibility index (Phi) is 6.83. The lowest BCUT2D eigenvalue weighted by molar-refractivity contribution is -0.163. The number of nitrogens with zero attached hydrogens (tertiary/aromatic N) is 3. The molecule has 0 radical (unpaired) electrons. The fraction of sp³-hybridized carbons (Fsp3) is 0.645. The minimum Gasteiger partial charge on any atom is -0.445 e. The number of carbonyl (C=O) groups is 2. The van der Waals surface area contributed by atoms with Gasteiger partial charge in [0.15, 0.2) is 0 Å². The van der Waals surface area contributed by atoms with Crippen LogP contribution in [0.25, 0.3) is 11.5 Å². The van der Waals surface area contributed by atoms with Gasteiger partial charge in [-0.25, -0.2) is 4.98 Å². The topological polar surface area (TPSA) is 86.9 Å². The molecule has 2 aliphatic carbocycles. The van der Waals surface area contributed by atoms with Gasteiger partial charge >= 0.3 is 0 Å². The summed E-state index contributed by atoms with van der Waals surface area (Å²) < 4.78 is 5.53. The average Bonchev–Trinajstić information content (AvgIpc) is 3.69. The van der Waals surface area contributed by atoms with Crippen LogP contribution in [0.4, 0.5) is 0 Å². The molecule has 1 aromatic carbocycles. The van der Waals surface area contributed by atoms with E-state index in [0.717, 1.165) is 43.2 Å². The maximum absolute atomic E-state index is 13.6. The number of carbonyl (C=O) groups excluding carboxylic acids is 2. The molecule has 1 N–H and O–H groups in total. The molecule has 2 saturated carbocycles. The van der Waals surface area contributed by atoms with Crippen LogP contribution in [0.1, 0.15) is 93.5 Å². The number of aliphatic hydroxyl groups is 1. The molecule has 2 aromatic rings. The molecule has 2 aliphatic heterocycles. The Balaban J connectivity index is 1.18. The molecule has 0 unspecified atom stereocenters. The number of likely N-dealkylation sites (tertiary alicyclic amines) is 1. The van der Waals surface area contributed by atoms with Crippen LogP contribution in [0, 0.1) is 17.3 Å². The number of aromatic nitrogens is 1. The highest BCUT2D eigenvalue weighted by atomic mass is 16.3. The summed E-state index contributed by atoms with van der Waals surface area (Å²) in [5.74, 6) is 1.43. The molecule has 0 bridgehead atoms. The van der Waals surface area contributed by atoms with Crippen molar-refractivity contribution in [3.05, 3.63) is 41.8 Å². The number of β-amino-alcohol motifs (C(OH)–C–C–N with tert-alkyl or cyclic N) is 1. The minimum absolute atomic E-state index is 0.0334. The molecule has 7 heteroatoms. The Hall–Kier alpha value is -2.67. The van der Waals surface area contributed by atoms with Gasteiger partial charge in [-0.2, -0.15) is 0 Å². The number of amides is 2. The summed E-state index contributed by atoms with van der Waals surface area (Å²) in [6, 6.07) is 5.66. The van der Waals surface area contributed by atoms with Crippen LogP contribution < -0.4 is 0 Å². The van der Waals surface area contributed by atoms with Crippen molar-refractivity contribution in [1.29, 1.82) is 0 Å². The van der Waals surface area contributed by atoms with Gasteiger partial charge in [-0.05, 0) is 49.3 Å². The van der Waals surface area contributed by atoms with Gasteiger partial charge in [-0.3, -0.25) is 9.59 Å². The van der Waals surface area contributed by atoms with Gasteiger partial charge < -0.3 is 19.3 Å². The number of benzene rings is 1. The molecule has 1 aromatic heterocycles. The van der Waals surface area contributed by atoms with Crippen LogP contribution in [0.15, 0.2) is 35.1 Å². The van der Waals surface area contributed by atoms with Crippen LogP contribution >= 0.6 is 0 Å². The van der Waals surface area contributed by atoms with E-state index in [9.17, 15) is 14.7 Å². The molecular weight excluding hydrogens is 478 g/mol. The second-order valence-electron chi connectivity index (χ2n) is 12.5. The van der Waals surface area contributed by atoms with Crippen molar-refractivity contribution >= 4 is 11.8 Å². The molecule has 2 atom stereocenters. The first kappa shape index (κ1) is 25.6. The second-order valence-corrected chi connectivity index (χ2v) is 12.5. The predicted octanol–water partition coefficient (Wildman–Crippen LogP) is 5.43. The van der Waals surface area contributed by atoms with Gasteiger partial charge in [0.2, 0.25) is 11.8 Å². The van der Waals surface area contributed by atoms with Gasteiger partial charge in [0, 0.05) is 42.1 Å². The summed E-state index contributed by atoms with van der Waals surface area (Å²) in [7, 11) is 0. The molecule has 6 rings (SSSR count). The Morgan fingerprint density at radius 1 is 1.13 bits per heavy atom. The van der Waals surface area contributed by atoms with E-state index in [4.69, 9.17) is 4.42 Å². The minimum atomic E-state index is -1.01. The maximum Gasteiger partial charge on any atom is 0.254 e. The zero-order valence-corrected chi connectivity index (χ0v) is 22.7. The van der Waals surface area contributed by atoms with Gasteiger partial charge in [-0.15, -0.1) is 0 Å². The van der Waals surface area contributed by atoms with Gasteiger partial charge in [0.1, 0.15) is 6.26 Å². The van der Waals surface area contributed by atoms with Crippen molar-refractivity contribution in [1.82, 2.24) is 14.8 Å². The van der Waals surface area contributed by atoms with E-state index in [0.29, 0.717) is 50.0 Å². The fourth-order valence-corrected chi connectivity index (χ4v) is 8.01. The maximum atomic E-state index is 13.6. The molecule has 3 fully saturated rings. The SMILES string of the molecule is C[C@H](CC1CCCCC1)C(=O)N1CC[C@@](O)(CN2Cc3c(cccc3-c3ncco3)C2=O)C2(CCCC2)C1. The predicted molar refractivity (Wildman–Crippen MR) is 144 cm³/mol. The van der Waals surface area contributed by atoms with E-state index in [1.807, 2.05) is 18.2 Å². The standard InChI is InChI=1S/C31H41N3O4/c1-22(18-23-8-3-2-4-9-23)28(35)33-16-14-31(37,30(20-33)12-5-6-13-30)21-34-19-26-24(27-32-15-17-38-27)10-7-11-25(26)29(34)36/h7,10-11,15,17,22-23,37H,2-6,8-9,12-14,16,18-21H2,1H3/t22-,31-/m1/s1. The fourth-order valence-electron chi connectivity index (χ4n) is 8.01. The third kappa shape index (κ3) is 4.47. The highest BCUT2D eigenvalue weighted by Gasteiger charge is 2.57. The van der Waals surface area contributed by atoms with E-state index in [1.165, 1.54) is 32.1 Å². The third-order valence-corrected chi connectivity index (χ3v) is 10.1. The lowest BCUT2D eigenvalue weighted by Crippen LogP contribution is -2.64. The third-order valence-electron chi connectivity index (χ3n) is 10.1. The zero-order valence-electron chi connectivity index (χ0n) is 22.7. The first-order valence-corrected chi connectivity index (χ1v) is 14.7. The number of hydrogen-bond donors (Lipinski definition) is 1. The molecule has 204 valence electrons. The summed E-state index contributed by atoms with van der Waals surface area (Å²) in [6.45, 7) is 4.00. The van der Waals surface area contributed by atoms with Crippen molar-refractivity contribution in [2.45, 2.75) is 89.7 Å². The van der Waals surface area contributed by atoms with E-state index < -0.39 is 5.60 Å². The molecule has 3 heterocycles. The van der Waals surface area contributed by atoms with E-state index >= 15 is 0 Å². The molecule has 38 heavy (non-hydrogen) atoms. The van der Waals surface area contributed by atoms with Crippen LogP contribution in [-0.2, 0) is 11.3 Å². The smallest absolute Gasteiger partial charge is 0.254 e. The summed E-state index contributed by atoms with van der Waals surface area (Å²) in [5.41, 5.74) is 1.04. The van der Waals surface area contributed by atoms with Crippen molar-refractivity contribution < 1.29 is 19.1 Å². The first-order valence-electron chi connectivity index (χ1n) is 14.7. The highest BCUT2D eigenvalue weighted by Crippen LogP contribution is 2.52. The lowest BCUT2D eigenvalue weighted by atomic mass is 9.65. The molecule has 2 amide bonds. The van der Waals surface area contributed by atoms with Crippen LogP contribution in [0.3, 0.4) is 0 Å². The Labute approximate surface area is 225 Å². The van der Waals surface area contributed by atoms with Gasteiger partial charge in [0.05, 0.1) is 18.3 Å². The number of hydrogen-bond acceptors (Lipinski definition) is 5. The Morgan fingerprint density at radius 2 is 1.89 bits per heavy atom. The normalized spacial score (nSPS) is 26.2. The van der Waals surface area contributed by atoms with Crippen LogP contribution in [0.5, 0.6) is 0 Å². The Morgan fingerprint density at radius 3 is 2.63 bits per heavy atom. The molecule has 1 spiro atoms. The Bertz CT molecular complexity index is 1170.